The van der Waals surface area contributed by atoms with Gasteiger partial charge in [-0.1, -0.05) is 20.8 Å². The highest BCUT2D eigenvalue weighted by atomic mass is 16.4. The van der Waals surface area contributed by atoms with Gasteiger partial charge in [0.2, 0.25) is 12.3 Å². The summed E-state index contributed by atoms with van der Waals surface area (Å²) in [5.41, 5.74) is 5.55. The van der Waals surface area contributed by atoms with Crippen molar-refractivity contribution in [2.45, 2.75) is 40.0 Å². The lowest BCUT2D eigenvalue weighted by Crippen LogP contribution is -2.34. The molecule has 1 heterocycles. The van der Waals surface area contributed by atoms with Crippen LogP contribution in [0.1, 0.15) is 50.4 Å². The zero-order valence-corrected chi connectivity index (χ0v) is 14.7. The second-order valence-corrected chi connectivity index (χ2v) is 7.81. The van der Waals surface area contributed by atoms with Crippen LogP contribution in [0.5, 0.6) is 0 Å². The van der Waals surface area contributed by atoms with Crippen LogP contribution >= 0.6 is 0 Å². The summed E-state index contributed by atoms with van der Waals surface area (Å²) in [5, 5.41) is 12.0. The van der Waals surface area contributed by atoms with Crippen LogP contribution in [0.15, 0.2) is 40.2 Å². The minimum atomic E-state index is -0.200. The van der Waals surface area contributed by atoms with E-state index in [-0.39, 0.29) is 16.7 Å². The van der Waals surface area contributed by atoms with E-state index in [9.17, 15) is 4.79 Å². The number of nitrogens with zero attached hydrogens (tertiary/aromatic N) is 3. The van der Waals surface area contributed by atoms with E-state index < -0.39 is 0 Å². The molecule has 4 rings (SSSR count). The van der Waals surface area contributed by atoms with Gasteiger partial charge in [0.25, 0.3) is 5.91 Å². The standard InChI is InChI=1S/C19H22N4O2/c1-18(2)14-8-9-19(18,3)15(10-14)21-22-16(24)12-4-6-13(7-5-12)17-23-20-11-25-17/h4-7,11,14H,8-10H2,1-3H3,(H,22,24)/b21-15+/t14-,19-/m0/s1. The predicted octanol–water partition coefficient (Wildman–Crippen LogP) is 3.67. The first-order valence-electron chi connectivity index (χ1n) is 8.66. The number of aromatic nitrogens is 2. The van der Waals surface area contributed by atoms with E-state index in [2.05, 4.69) is 41.5 Å². The average molecular weight is 338 g/mol. The highest BCUT2D eigenvalue weighted by Gasteiger charge is 2.60. The van der Waals surface area contributed by atoms with Gasteiger partial charge in [0.05, 0.1) is 0 Å². The molecule has 0 unspecified atom stereocenters. The number of hydrogen-bond acceptors (Lipinski definition) is 5. The number of amides is 1. The molecule has 1 N–H and O–H groups in total. The first kappa shape index (κ1) is 16.0. The van der Waals surface area contributed by atoms with E-state index in [1.54, 1.807) is 24.3 Å². The molecule has 2 aliphatic carbocycles. The third-order valence-electron chi connectivity index (χ3n) is 6.56. The molecule has 2 fully saturated rings. The van der Waals surface area contributed by atoms with Crippen LogP contribution in [-0.4, -0.2) is 21.8 Å². The highest BCUT2D eigenvalue weighted by Crippen LogP contribution is 2.63. The van der Waals surface area contributed by atoms with Crippen LogP contribution in [0.2, 0.25) is 0 Å². The second-order valence-electron chi connectivity index (χ2n) is 7.81. The van der Waals surface area contributed by atoms with Gasteiger partial charge in [-0.05, 0) is 54.9 Å². The second kappa shape index (κ2) is 5.51. The lowest BCUT2D eigenvalue weighted by molar-refractivity contribution is 0.0954. The molecule has 25 heavy (non-hydrogen) atoms. The normalized spacial score (nSPS) is 28.4. The Labute approximate surface area is 146 Å². The zero-order valence-electron chi connectivity index (χ0n) is 14.7. The fourth-order valence-corrected chi connectivity index (χ4v) is 4.34. The Morgan fingerprint density at radius 1 is 1.28 bits per heavy atom. The summed E-state index contributed by atoms with van der Waals surface area (Å²) < 4.78 is 5.15. The molecule has 2 bridgehead atoms. The number of rotatable bonds is 3. The Bertz CT molecular complexity index is 824. The Morgan fingerprint density at radius 2 is 2.04 bits per heavy atom. The van der Waals surface area contributed by atoms with Crippen LogP contribution in [-0.2, 0) is 0 Å². The minimum absolute atomic E-state index is 0.0900. The fraction of sp³-hybridized carbons (Fsp3) is 0.474. The van der Waals surface area contributed by atoms with Crippen molar-refractivity contribution < 1.29 is 9.21 Å². The predicted molar refractivity (Wildman–Crippen MR) is 93.9 cm³/mol. The number of hydrazone groups is 1. The van der Waals surface area contributed by atoms with E-state index in [0.717, 1.165) is 24.1 Å². The van der Waals surface area contributed by atoms with Crippen LogP contribution in [0.25, 0.3) is 11.5 Å². The lowest BCUT2D eigenvalue weighted by Gasteiger charge is -2.34. The van der Waals surface area contributed by atoms with Crippen molar-refractivity contribution in [3.8, 4) is 11.5 Å². The first-order chi connectivity index (χ1) is 11.9. The summed E-state index contributed by atoms with van der Waals surface area (Å²) in [4.78, 5) is 12.4. The Kier molecular flexibility index (Phi) is 3.52. The molecule has 2 saturated carbocycles. The van der Waals surface area contributed by atoms with Gasteiger partial charge in [-0.3, -0.25) is 4.79 Å². The topological polar surface area (TPSA) is 80.4 Å². The van der Waals surface area contributed by atoms with Gasteiger partial charge in [0.1, 0.15) is 0 Å². The molecule has 2 aliphatic rings. The monoisotopic (exact) mass is 338 g/mol. The van der Waals surface area contributed by atoms with Gasteiger partial charge >= 0.3 is 0 Å². The molecule has 130 valence electrons. The molecule has 1 amide bonds. The highest BCUT2D eigenvalue weighted by molar-refractivity contribution is 5.98. The van der Waals surface area contributed by atoms with Gasteiger partial charge < -0.3 is 4.42 Å². The maximum Gasteiger partial charge on any atom is 0.271 e. The summed E-state index contributed by atoms with van der Waals surface area (Å²) in [5.74, 6) is 0.903. The SMILES string of the molecule is CC1(C)[C@H]2CC[C@@]1(C)/C(=N/NC(=O)c1ccc(-c3nnco3)cc1)C2. The molecule has 0 saturated heterocycles. The fourth-order valence-electron chi connectivity index (χ4n) is 4.34. The number of carbonyl (C=O) groups excluding carboxylic acids is 1. The summed E-state index contributed by atoms with van der Waals surface area (Å²) >= 11 is 0. The third-order valence-corrected chi connectivity index (χ3v) is 6.56. The minimum Gasteiger partial charge on any atom is -0.423 e. The summed E-state index contributed by atoms with van der Waals surface area (Å²) in [6.45, 7) is 6.93. The molecule has 1 aromatic heterocycles. The number of nitrogens with one attached hydrogen (secondary N) is 1. The van der Waals surface area contributed by atoms with E-state index in [1.807, 2.05) is 0 Å². The molecule has 0 aliphatic heterocycles. The van der Waals surface area contributed by atoms with E-state index in [4.69, 9.17) is 4.42 Å². The summed E-state index contributed by atoms with van der Waals surface area (Å²) in [6, 6.07) is 7.05. The molecule has 6 nitrogen and oxygen atoms in total. The van der Waals surface area contributed by atoms with E-state index >= 15 is 0 Å². The van der Waals surface area contributed by atoms with Crippen LogP contribution in [0.3, 0.4) is 0 Å². The van der Waals surface area contributed by atoms with Crippen LogP contribution in [0.4, 0.5) is 0 Å². The molecular formula is C19H22N4O2. The van der Waals surface area contributed by atoms with Gasteiger partial charge in [-0.25, -0.2) is 5.43 Å². The van der Waals surface area contributed by atoms with Crippen molar-refractivity contribution in [2.24, 2.45) is 21.8 Å². The Hall–Kier alpha value is -2.50. The smallest absolute Gasteiger partial charge is 0.271 e. The molecule has 6 heteroatoms. The van der Waals surface area contributed by atoms with Gasteiger partial charge in [0, 0.05) is 22.3 Å². The van der Waals surface area contributed by atoms with Crippen LogP contribution < -0.4 is 5.43 Å². The van der Waals surface area contributed by atoms with Crippen molar-refractivity contribution in [3.63, 3.8) is 0 Å². The number of benzene rings is 1. The van der Waals surface area contributed by atoms with Crippen LogP contribution in [0, 0.1) is 16.7 Å². The molecule has 1 aromatic carbocycles. The Balaban J connectivity index is 1.48. The largest absolute Gasteiger partial charge is 0.423 e. The zero-order chi connectivity index (χ0) is 17.7. The van der Waals surface area contributed by atoms with Crippen molar-refractivity contribution >= 4 is 11.6 Å². The maximum atomic E-state index is 12.4. The molecular weight excluding hydrogens is 316 g/mol. The van der Waals surface area contributed by atoms with Crippen molar-refractivity contribution in [2.75, 3.05) is 0 Å². The molecule has 2 atom stereocenters. The number of hydrogen-bond donors (Lipinski definition) is 1. The van der Waals surface area contributed by atoms with E-state index in [1.165, 1.54) is 12.8 Å². The first-order valence-corrected chi connectivity index (χ1v) is 8.66. The van der Waals surface area contributed by atoms with Gasteiger partial charge in [-0.2, -0.15) is 5.10 Å². The average Bonchev–Trinajstić information content (AvgIpc) is 3.26. The molecule has 0 spiro atoms. The molecule has 0 radical (unpaired) electrons. The van der Waals surface area contributed by atoms with Crippen molar-refractivity contribution in [3.05, 3.63) is 36.2 Å². The summed E-state index contributed by atoms with van der Waals surface area (Å²) in [7, 11) is 0. The number of fused-ring (bicyclic) bond motifs is 2. The molecule has 2 aromatic rings. The third kappa shape index (κ3) is 2.39. The maximum absolute atomic E-state index is 12.4. The van der Waals surface area contributed by atoms with E-state index in [0.29, 0.717) is 17.4 Å². The summed E-state index contributed by atoms with van der Waals surface area (Å²) in [6.07, 6.45) is 4.68. The lowest BCUT2D eigenvalue weighted by atomic mass is 9.70. The van der Waals surface area contributed by atoms with Crippen molar-refractivity contribution in [1.82, 2.24) is 15.6 Å². The quantitative estimate of drug-likeness (QED) is 0.866. The van der Waals surface area contributed by atoms with Crippen molar-refractivity contribution in [1.29, 1.82) is 0 Å². The Morgan fingerprint density at radius 3 is 2.60 bits per heavy atom. The number of carbonyl (C=O) groups is 1. The van der Waals surface area contributed by atoms with Gasteiger partial charge in [0.15, 0.2) is 0 Å². The van der Waals surface area contributed by atoms with Gasteiger partial charge in [-0.15, -0.1) is 10.2 Å².